The molecule has 2 N–H and O–H groups in total. The number of sulfone groups is 1. The lowest BCUT2D eigenvalue weighted by atomic mass is 10.2. The SMILES string of the molecule is COc1ccc(N)cc1COc1ccc(S(C)(=O)=O)cc1. The molecule has 0 saturated carbocycles. The normalized spacial score (nSPS) is 11.1. The fourth-order valence-corrected chi connectivity index (χ4v) is 2.49. The van der Waals surface area contributed by atoms with E-state index in [1.165, 1.54) is 18.4 Å². The number of methoxy groups -OCH3 is 1. The Bertz CT molecular complexity index is 724. The van der Waals surface area contributed by atoms with Crippen LogP contribution in [0, 0.1) is 0 Å². The summed E-state index contributed by atoms with van der Waals surface area (Å²) in [5, 5.41) is 0. The van der Waals surface area contributed by atoms with E-state index in [2.05, 4.69) is 0 Å². The van der Waals surface area contributed by atoms with Crippen LogP contribution in [-0.2, 0) is 16.4 Å². The molecule has 0 bridgehead atoms. The van der Waals surface area contributed by atoms with E-state index in [9.17, 15) is 8.42 Å². The number of hydrogen-bond acceptors (Lipinski definition) is 5. The summed E-state index contributed by atoms with van der Waals surface area (Å²) < 4.78 is 33.6. The van der Waals surface area contributed by atoms with Gasteiger partial charge in [0.05, 0.1) is 12.0 Å². The molecular weight excluding hydrogens is 290 g/mol. The summed E-state index contributed by atoms with van der Waals surface area (Å²) in [6, 6.07) is 11.6. The molecule has 0 aliphatic carbocycles. The van der Waals surface area contributed by atoms with Gasteiger partial charge >= 0.3 is 0 Å². The molecule has 2 aromatic carbocycles. The molecule has 0 radical (unpaired) electrons. The molecule has 0 aliphatic rings. The number of nitrogens with two attached hydrogens (primary N) is 1. The van der Waals surface area contributed by atoms with Crippen molar-refractivity contribution in [2.24, 2.45) is 0 Å². The number of rotatable bonds is 5. The van der Waals surface area contributed by atoms with E-state index >= 15 is 0 Å². The van der Waals surface area contributed by atoms with Gasteiger partial charge in [0.25, 0.3) is 0 Å². The van der Waals surface area contributed by atoms with Crippen LogP contribution in [0.25, 0.3) is 0 Å². The van der Waals surface area contributed by atoms with Crippen molar-refractivity contribution < 1.29 is 17.9 Å². The predicted molar refractivity (Wildman–Crippen MR) is 81.3 cm³/mol. The molecule has 0 atom stereocenters. The summed E-state index contributed by atoms with van der Waals surface area (Å²) in [6.07, 6.45) is 1.17. The number of anilines is 1. The van der Waals surface area contributed by atoms with Crippen molar-refractivity contribution in [3.05, 3.63) is 48.0 Å². The zero-order chi connectivity index (χ0) is 15.5. The second kappa shape index (κ2) is 6.05. The highest BCUT2D eigenvalue weighted by atomic mass is 32.2. The molecular formula is C15H17NO4S. The van der Waals surface area contributed by atoms with Crippen LogP contribution in [0.1, 0.15) is 5.56 Å². The summed E-state index contributed by atoms with van der Waals surface area (Å²) in [4.78, 5) is 0.261. The molecule has 6 heteroatoms. The first-order chi connectivity index (χ1) is 9.90. The molecule has 0 spiro atoms. The molecule has 0 fully saturated rings. The molecule has 0 heterocycles. The third-order valence-electron chi connectivity index (χ3n) is 2.95. The minimum absolute atomic E-state index is 0.261. The summed E-state index contributed by atoms with van der Waals surface area (Å²) in [5.41, 5.74) is 7.19. The van der Waals surface area contributed by atoms with Gasteiger partial charge in [-0.25, -0.2) is 8.42 Å². The van der Waals surface area contributed by atoms with Crippen molar-refractivity contribution in [3.63, 3.8) is 0 Å². The van der Waals surface area contributed by atoms with E-state index < -0.39 is 9.84 Å². The van der Waals surface area contributed by atoms with Gasteiger partial charge in [-0.15, -0.1) is 0 Å². The van der Waals surface area contributed by atoms with Crippen molar-refractivity contribution >= 4 is 15.5 Å². The third kappa shape index (κ3) is 3.88. The molecule has 0 aliphatic heterocycles. The fourth-order valence-electron chi connectivity index (χ4n) is 1.86. The second-order valence-corrected chi connectivity index (χ2v) is 6.62. The van der Waals surface area contributed by atoms with Crippen LogP contribution < -0.4 is 15.2 Å². The van der Waals surface area contributed by atoms with Gasteiger partial charge in [-0.2, -0.15) is 0 Å². The Labute approximate surface area is 124 Å². The first-order valence-corrected chi connectivity index (χ1v) is 8.14. The Kier molecular flexibility index (Phi) is 4.37. The Morgan fingerprint density at radius 1 is 1.10 bits per heavy atom. The van der Waals surface area contributed by atoms with Gasteiger partial charge in [-0.3, -0.25) is 0 Å². The van der Waals surface area contributed by atoms with E-state index in [0.717, 1.165) is 5.56 Å². The third-order valence-corrected chi connectivity index (χ3v) is 4.08. The van der Waals surface area contributed by atoms with Crippen LogP contribution in [-0.4, -0.2) is 21.8 Å². The largest absolute Gasteiger partial charge is 0.496 e. The van der Waals surface area contributed by atoms with Crippen molar-refractivity contribution in [1.29, 1.82) is 0 Å². The second-order valence-electron chi connectivity index (χ2n) is 4.60. The van der Waals surface area contributed by atoms with E-state index in [-0.39, 0.29) is 11.5 Å². The number of hydrogen-bond donors (Lipinski definition) is 1. The summed E-state index contributed by atoms with van der Waals surface area (Å²) >= 11 is 0. The maximum absolute atomic E-state index is 11.4. The van der Waals surface area contributed by atoms with E-state index in [1.54, 1.807) is 37.4 Å². The highest BCUT2D eigenvalue weighted by Crippen LogP contribution is 2.23. The van der Waals surface area contributed by atoms with Crippen LogP contribution in [0.15, 0.2) is 47.4 Å². The van der Waals surface area contributed by atoms with Gasteiger partial charge in [0.2, 0.25) is 0 Å². The molecule has 112 valence electrons. The summed E-state index contributed by atoms with van der Waals surface area (Å²) in [6.45, 7) is 0.284. The first kappa shape index (κ1) is 15.2. The van der Waals surface area contributed by atoms with Gasteiger partial charge in [0.15, 0.2) is 9.84 Å². The highest BCUT2D eigenvalue weighted by Gasteiger charge is 2.08. The number of benzene rings is 2. The minimum atomic E-state index is -3.20. The Morgan fingerprint density at radius 2 is 1.76 bits per heavy atom. The standard InChI is InChI=1S/C15H17NO4S/c1-19-15-8-3-12(16)9-11(15)10-20-13-4-6-14(7-5-13)21(2,17)18/h3-9H,10,16H2,1-2H3. The van der Waals surface area contributed by atoms with Crippen molar-refractivity contribution in [1.82, 2.24) is 0 Å². The maximum atomic E-state index is 11.4. The molecule has 2 rings (SSSR count). The van der Waals surface area contributed by atoms with Crippen molar-refractivity contribution in [2.75, 3.05) is 19.1 Å². The topological polar surface area (TPSA) is 78.6 Å². The van der Waals surface area contributed by atoms with Gasteiger partial charge in [0, 0.05) is 17.5 Å². The molecule has 0 amide bonds. The van der Waals surface area contributed by atoms with Crippen LogP contribution in [0.4, 0.5) is 5.69 Å². The van der Waals surface area contributed by atoms with Gasteiger partial charge in [-0.1, -0.05) is 0 Å². The molecule has 0 aromatic heterocycles. The number of nitrogen functional groups attached to an aromatic ring is 1. The highest BCUT2D eigenvalue weighted by molar-refractivity contribution is 7.90. The van der Waals surface area contributed by atoms with Gasteiger partial charge in [-0.05, 0) is 42.5 Å². The van der Waals surface area contributed by atoms with Crippen LogP contribution in [0.3, 0.4) is 0 Å². The van der Waals surface area contributed by atoms with Crippen LogP contribution >= 0.6 is 0 Å². The Hall–Kier alpha value is -2.21. The van der Waals surface area contributed by atoms with Crippen molar-refractivity contribution in [2.45, 2.75) is 11.5 Å². The lowest BCUT2D eigenvalue weighted by Gasteiger charge is -2.11. The predicted octanol–water partition coefficient (Wildman–Crippen LogP) is 2.26. The lowest BCUT2D eigenvalue weighted by Crippen LogP contribution is -2.01. The fraction of sp³-hybridized carbons (Fsp3) is 0.200. The summed E-state index contributed by atoms with van der Waals surface area (Å²) in [7, 11) is -1.62. The lowest BCUT2D eigenvalue weighted by molar-refractivity contribution is 0.296. The minimum Gasteiger partial charge on any atom is -0.496 e. The average molecular weight is 307 g/mol. The zero-order valence-electron chi connectivity index (χ0n) is 11.9. The first-order valence-electron chi connectivity index (χ1n) is 6.25. The van der Waals surface area contributed by atoms with E-state index in [4.69, 9.17) is 15.2 Å². The van der Waals surface area contributed by atoms with Crippen LogP contribution in [0.5, 0.6) is 11.5 Å². The maximum Gasteiger partial charge on any atom is 0.175 e. The summed E-state index contributed by atoms with van der Waals surface area (Å²) in [5.74, 6) is 1.27. The molecule has 5 nitrogen and oxygen atoms in total. The molecule has 2 aromatic rings. The van der Waals surface area contributed by atoms with E-state index in [0.29, 0.717) is 17.2 Å². The van der Waals surface area contributed by atoms with E-state index in [1.807, 2.05) is 0 Å². The molecule has 0 saturated heterocycles. The quantitative estimate of drug-likeness (QED) is 0.857. The van der Waals surface area contributed by atoms with Crippen LogP contribution in [0.2, 0.25) is 0 Å². The number of ether oxygens (including phenoxy) is 2. The molecule has 21 heavy (non-hydrogen) atoms. The smallest absolute Gasteiger partial charge is 0.175 e. The molecule has 0 unspecified atom stereocenters. The van der Waals surface area contributed by atoms with Gasteiger partial charge < -0.3 is 15.2 Å². The Balaban J connectivity index is 2.12. The van der Waals surface area contributed by atoms with Gasteiger partial charge in [0.1, 0.15) is 18.1 Å². The zero-order valence-corrected chi connectivity index (χ0v) is 12.7. The van der Waals surface area contributed by atoms with Crippen molar-refractivity contribution in [3.8, 4) is 11.5 Å². The Morgan fingerprint density at radius 3 is 2.33 bits per heavy atom. The average Bonchev–Trinajstić information content (AvgIpc) is 2.45. The monoisotopic (exact) mass is 307 g/mol.